The van der Waals surface area contributed by atoms with Crippen molar-refractivity contribution in [2.24, 2.45) is 0 Å². The van der Waals surface area contributed by atoms with Crippen LogP contribution < -0.4 is 19.5 Å². The molecule has 0 aliphatic rings. The average molecular weight is 402 g/mol. The van der Waals surface area contributed by atoms with Gasteiger partial charge in [-0.3, -0.25) is 5.32 Å². The van der Waals surface area contributed by atoms with Crippen molar-refractivity contribution in [1.29, 1.82) is 0 Å². The fraction of sp³-hybridized carbons (Fsp3) is 0.286. The number of alkyl halides is 1. The van der Waals surface area contributed by atoms with Crippen molar-refractivity contribution in [3.05, 3.63) is 29.8 Å². The monoisotopic (exact) mass is 401 g/mol. The molecule has 0 aliphatic carbocycles. The van der Waals surface area contributed by atoms with Gasteiger partial charge in [-0.25, -0.2) is 17.9 Å². The van der Waals surface area contributed by atoms with Crippen LogP contribution in [0.3, 0.4) is 0 Å². The number of rotatable bonds is 6. The van der Waals surface area contributed by atoms with Crippen molar-refractivity contribution in [3.63, 3.8) is 0 Å². The van der Waals surface area contributed by atoms with Gasteiger partial charge in [0.25, 0.3) is 10.0 Å². The van der Waals surface area contributed by atoms with E-state index >= 15 is 0 Å². The van der Waals surface area contributed by atoms with Crippen LogP contribution in [0.1, 0.15) is 17.9 Å². The molecule has 2 aromatic rings. The normalized spacial score (nSPS) is 12.2. The Morgan fingerprint density at radius 2 is 1.69 bits per heavy atom. The summed E-state index contributed by atoms with van der Waals surface area (Å²) in [6.45, 7) is 1.62. The van der Waals surface area contributed by atoms with E-state index in [9.17, 15) is 13.2 Å². The van der Waals surface area contributed by atoms with Gasteiger partial charge in [-0.05, 0) is 18.6 Å². The van der Waals surface area contributed by atoms with E-state index in [-0.39, 0.29) is 22.9 Å². The summed E-state index contributed by atoms with van der Waals surface area (Å²) in [5, 5.41) is 1.61. The minimum atomic E-state index is -4.17. The maximum Gasteiger partial charge on any atom is 0.335 e. The number of hydrogen-bond acceptors (Lipinski definition) is 8. The number of sulfonamides is 1. The van der Waals surface area contributed by atoms with Crippen LogP contribution in [-0.4, -0.2) is 43.6 Å². The number of amides is 2. The Morgan fingerprint density at radius 1 is 1.12 bits per heavy atom. The highest BCUT2D eigenvalue weighted by atomic mass is 35.5. The smallest absolute Gasteiger partial charge is 0.335 e. The first-order chi connectivity index (χ1) is 12.3. The summed E-state index contributed by atoms with van der Waals surface area (Å²) in [5.74, 6) is -0.250. The Kier molecular flexibility index (Phi) is 6.16. The molecule has 0 fully saturated rings. The number of carbonyl (C=O) groups is 1. The first-order valence-corrected chi connectivity index (χ1v) is 9.09. The summed E-state index contributed by atoms with van der Waals surface area (Å²) in [7, 11) is -1.54. The Bertz CT molecular complexity index is 884. The van der Waals surface area contributed by atoms with E-state index in [1.54, 1.807) is 19.1 Å². The lowest BCUT2D eigenvalue weighted by Gasteiger charge is -2.13. The molecule has 0 spiro atoms. The molecular formula is C14H16ClN5O5S. The highest BCUT2D eigenvalue weighted by Crippen LogP contribution is 2.26. The largest absolute Gasteiger partial charge is 0.467 e. The summed E-state index contributed by atoms with van der Waals surface area (Å²) in [6, 6.07) is 4.78. The molecule has 1 atom stereocenters. The van der Waals surface area contributed by atoms with Gasteiger partial charge < -0.3 is 9.47 Å². The zero-order chi connectivity index (χ0) is 19.3. The summed E-state index contributed by atoms with van der Waals surface area (Å²) < 4.78 is 36.5. The molecule has 140 valence electrons. The third kappa shape index (κ3) is 4.70. The molecule has 0 saturated heterocycles. The molecule has 0 radical (unpaired) electrons. The van der Waals surface area contributed by atoms with Crippen LogP contribution in [0.25, 0.3) is 0 Å². The van der Waals surface area contributed by atoms with E-state index in [2.05, 4.69) is 20.3 Å². The van der Waals surface area contributed by atoms with E-state index in [1.165, 1.54) is 26.4 Å². The van der Waals surface area contributed by atoms with Gasteiger partial charge >= 0.3 is 18.1 Å². The molecule has 26 heavy (non-hydrogen) atoms. The van der Waals surface area contributed by atoms with Gasteiger partial charge in [-0.1, -0.05) is 18.2 Å². The summed E-state index contributed by atoms with van der Waals surface area (Å²) in [5.41, 5.74) is 0.359. The Balaban J connectivity index is 2.22. The van der Waals surface area contributed by atoms with Crippen LogP contribution in [-0.2, 0) is 10.0 Å². The summed E-state index contributed by atoms with van der Waals surface area (Å²) in [6.07, 6.45) is 0. The maximum absolute atomic E-state index is 12.5. The summed E-state index contributed by atoms with van der Waals surface area (Å²) >= 11 is 6.00. The standard InChI is InChI=1S/C14H16ClN5O5S/c1-8(15)9-6-4-5-7-10(9)26(22,23)20-12(21)16-11-17-13(24-2)19-14(18-11)25-3/h4-8H,1-3H3,(H2,16,17,18,19,20,21). The van der Waals surface area contributed by atoms with Gasteiger partial charge in [0, 0.05) is 0 Å². The van der Waals surface area contributed by atoms with Crippen molar-refractivity contribution in [3.8, 4) is 12.0 Å². The molecule has 2 N–H and O–H groups in total. The second-order valence-corrected chi connectivity index (χ2v) is 7.15. The zero-order valence-electron chi connectivity index (χ0n) is 14.1. The third-order valence-electron chi connectivity index (χ3n) is 3.05. The quantitative estimate of drug-likeness (QED) is 0.699. The van der Waals surface area contributed by atoms with Crippen molar-refractivity contribution in [1.82, 2.24) is 19.7 Å². The molecule has 0 aliphatic heterocycles. The van der Waals surface area contributed by atoms with Crippen LogP contribution in [0.2, 0.25) is 0 Å². The number of carbonyl (C=O) groups excluding carboxylic acids is 1. The van der Waals surface area contributed by atoms with Gasteiger partial charge in [0.05, 0.1) is 24.5 Å². The molecule has 1 unspecified atom stereocenters. The second kappa shape index (κ2) is 8.15. The SMILES string of the molecule is COc1nc(NC(=O)NS(=O)(=O)c2ccccc2C(C)Cl)nc(OC)n1. The van der Waals surface area contributed by atoms with E-state index in [1.807, 2.05) is 4.72 Å². The minimum absolute atomic E-state index is 0.108. The van der Waals surface area contributed by atoms with Crippen LogP contribution >= 0.6 is 11.6 Å². The highest BCUT2D eigenvalue weighted by Gasteiger charge is 2.23. The number of methoxy groups -OCH3 is 2. The zero-order valence-corrected chi connectivity index (χ0v) is 15.6. The van der Waals surface area contributed by atoms with Crippen molar-refractivity contribution in [2.45, 2.75) is 17.2 Å². The lowest BCUT2D eigenvalue weighted by molar-refractivity contribution is 0.256. The number of anilines is 1. The first kappa shape index (κ1) is 19.7. The minimum Gasteiger partial charge on any atom is -0.467 e. The predicted molar refractivity (Wildman–Crippen MR) is 93.0 cm³/mol. The fourth-order valence-electron chi connectivity index (χ4n) is 1.93. The number of aromatic nitrogens is 3. The van der Waals surface area contributed by atoms with Gasteiger partial charge in [0.15, 0.2) is 0 Å². The van der Waals surface area contributed by atoms with Crippen LogP contribution in [0.15, 0.2) is 29.2 Å². The number of hydrogen-bond donors (Lipinski definition) is 2. The lowest BCUT2D eigenvalue weighted by Crippen LogP contribution is -2.35. The van der Waals surface area contributed by atoms with Crippen LogP contribution in [0.5, 0.6) is 12.0 Å². The molecule has 2 amide bonds. The molecule has 1 heterocycles. The van der Waals surface area contributed by atoms with E-state index in [4.69, 9.17) is 21.1 Å². The molecule has 1 aromatic carbocycles. The number of urea groups is 1. The van der Waals surface area contributed by atoms with E-state index < -0.39 is 21.4 Å². The Labute approximate surface area is 155 Å². The van der Waals surface area contributed by atoms with Crippen molar-refractivity contribution >= 4 is 33.6 Å². The fourth-order valence-corrected chi connectivity index (χ4v) is 3.41. The van der Waals surface area contributed by atoms with E-state index in [0.29, 0.717) is 5.56 Å². The first-order valence-electron chi connectivity index (χ1n) is 7.17. The van der Waals surface area contributed by atoms with Crippen LogP contribution in [0.4, 0.5) is 10.7 Å². The number of benzene rings is 1. The number of nitrogens with one attached hydrogen (secondary N) is 2. The third-order valence-corrected chi connectivity index (χ3v) is 4.69. The molecular weight excluding hydrogens is 386 g/mol. The number of nitrogens with zero attached hydrogens (tertiary/aromatic N) is 3. The summed E-state index contributed by atoms with van der Waals surface area (Å²) in [4.78, 5) is 23.3. The molecule has 2 rings (SSSR count). The van der Waals surface area contributed by atoms with Crippen LogP contribution in [0, 0.1) is 0 Å². The van der Waals surface area contributed by atoms with Gasteiger partial charge in [-0.2, -0.15) is 9.97 Å². The van der Waals surface area contributed by atoms with Crippen molar-refractivity contribution in [2.75, 3.05) is 19.5 Å². The number of halogens is 1. The lowest BCUT2D eigenvalue weighted by atomic mass is 10.2. The topological polar surface area (TPSA) is 132 Å². The Hall–Kier alpha value is -2.66. The van der Waals surface area contributed by atoms with E-state index in [0.717, 1.165) is 0 Å². The molecule has 0 bridgehead atoms. The van der Waals surface area contributed by atoms with Gasteiger partial charge in [0.2, 0.25) is 5.95 Å². The van der Waals surface area contributed by atoms with Crippen molar-refractivity contribution < 1.29 is 22.7 Å². The predicted octanol–water partition coefficient (Wildman–Crippen LogP) is 1.70. The highest BCUT2D eigenvalue weighted by molar-refractivity contribution is 7.90. The molecule has 0 saturated carbocycles. The van der Waals surface area contributed by atoms with Gasteiger partial charge in [-0.15, -0.1) is 16.6 Å². The Morgan fingerprint density at radius 3 is 2.23 bits per heavy atom. The van der Waals surface area contributed by atoms with Gasteiger partial charge in [0.1, 0.15) is 0 Å². The maximum atomic E-state index is 12.5. The average Bonchev–Trinajstić information content (AvgIpc) is 2.60. The second-order valence-electron chi connectivity index (χ2n) is 4.85. The molecule has 12 heteroatoms. The molecule has 1 aromatic heterocycles. The molecule has 10 nitrogen and oxygen atoms in total. The number of ether oxygens (including phenoxy) is 2.